The van der Waals surface area contributed by atoms with Gasteiger partial charge in [-0.25, -0.2) is 4.98 Å². The monoisotopic (exact) mass is 294 g/mol. The Balaban J connectivity index is 1.66. The normalized spacial score (nSPS) is 19.5. The van der Waals surface area contributed by atoms with Gasteiger partial charge in [0.1, 0.15) is 17.2 Å². The number of carbonyl (C=O) groups is 1. The van der Waals surface area contributed by atoms with Gasteiger partial charge < -0.3 is 9.88 Å². The van der Waals surface area contributed by atoms with Crippen molar-refractivity contribution in [1.82, 2.24) is 14.9 Å². The van der Waals surface area contributed by atoms with E-state index in [1.165, 1.54) is 0 Å². The van der Waals surface area contributed by atoms with E-state index in [2.05, 4.69) is 10.3 Å². The molecule has 5 heteroatoms. The lowest BCUT2D eigenvalue weighted by molar-refractivity contribution is -0.115. The van der Waals surface area contributed by atoms with Crippen molar-refractivity contribution in [3.63, 3.8) is 0 Å². The average molecular weight is 294 g/mol. The number of benzene rings is 1. The number of aryl methyl sites for hydroxylation is 1. The van der Waals surface area contributed by atoms with E-state index in [9.17, 15) is 4.79 Å². The molecule has 1 aromatic carbocycles. The number of aliphatic imine (C=N–C) groups is 1. The second-order valence-corrected chi connectivity index (χ2v) is 6.04. The Bertz CT molecular complexity index is 751. The molecule has 0 atom stereocenters. The molecular weight excluding hydrogens is 276 g/mol. The van der Waals surface area contributed by atoms with Crippen LogP contribution in [0.25, 0.3) is 5.69 Å². The zero-order valence-electron chi connectivity index (χ0n) is 12.5. The quantitative estimate of drug-likeness (QED) is 0.924. The maximum atomic E-state index is 12.2. The van der Waals surface area contributed by atoms with Gasteiger partial charge in [0.25, 0.3) is 5.91 Å². The molecule has 1 aromatic heterocycles. The van der Waals surface area contributed by atoms with Crippen LogP contribution < -0.4 is 5.32 Å². The van der Waals surface area contributed by atoms with Gasteiger partial charge in [-0.1, -0.05) is 12.1 Å². The number of imidazole rings is 1. The summed E-state index contributed by atoms with van der Waals surface area (Å²) in [5.74, 6) is 0.891. The molecule has 2 aliphatic rings. The first-order valence-electron chi connectivity index (χ1n) is 7.70. The number of hydrogen-bond donors (Lipinski definition) is 1. The van der Waals surface area contributed by atoms with Gasteiger partial charge in [-0.05, 0) is 44.7 Å². The Hall–Kier alpha value is -2.43. The predicted octanol–water partition coefficient (Wildman–Crippen LogP) is 2.37. The molecule has 1 amide bonds. The van der Waals surface area contributed by atoms with Gasteiger partial charge in [-0.3, -0.25) is 9.79 Å². The van der Waals surface area contributed by atoms with E-state index in [4.69, 9.17) is 4.99 Å². The molecule has 2 aromatic rings. The highest BCUT2D eigenvalue weighted by Crippen LogP contribution is 2.34. The topological polar surface area (TPSA) is 59.3 Å². The van der Waals surface area contributed by atoms with Crippen LogP contribution in [0.15, 0.2) is 41.7 Å². The van der Waals surface area contributed by atoms with Crippen LogP contribution in [0.3, 0.4) is 0 Å². The summed E-state index contributed by atoms with van der Waals surface area (Å²) < 4.78 is 2.01. The van der Waals surface area contributed by atoms with Crippen LogP contribution in [0, 0.1) is 6.92 Å². The fraction of sp³-hybridized carbons (Fsp3) is 0.353. The van der Waals surface area contributed by atoms with E-state index < -0.39 is 0 Å². The third-order valence-electron chi connectivity index (χ3n) is 4.56. The average Bonchev–Trinajstić information content (AvgIpc) is 3.22. The number of nitrogens with one attached hydrogen (secondary N) is 1. The molecule has 1 saturated carbocycles. The maximum Gasteiger partial charge on any atom is 0.272 e. The molecule has 1 fully saturated rings. The molecule has 1 aliphatic heterocycles. The highest BCUT2D eigenvalue weighted by atomic mass is 16.2. The standard InChI is InChI=1S/C17H18N4O/c1-12-18-10-11-21(12)14-6-4-13(5-7-14)15-16(22)20-17(19-15)8-2-3-9-17/h4-7,10-11H,2-3,8-9H2,1H3,(H,20,22). The Morgan fingerprint density at radius 3 is 2.55 bits per heavy atom. The molecule has 112 valence electrons. The van der Waals surface area contributed by atoms with E-state index in [0.29, 0.717) is 5.71 Å². The van der Waals surface area contributed by atoms with Gasteiger partial charge in [0.15, 0.2) is 0 Å². The van der Waals surface area contributed by atoms with Crippen LogP contribution in [0.4, 0.5) is 0 Å². The third-order valence-corrected chi connectivity index (χ3v) is 4.56. The Labute approximate surface area is 129 Å². The molecule has 0 unspecified atom stereocenters. The van der Waals surface area contributed by atoms with Crippen LogP contribution >= 0.6 is 0 Å². The molecule has 1 aliphatic carbocycles. The first-order valence-corrected chi connectivity index (χ1v) is 7.70. The number of rotatable bonds is 2. The van der Waals surface area contributed by atoms with Crippen LogP contribution in [0.5, 0.6) is 0 Å². The van der Waals surface area contributed by atoms with Gasteiger partial charge in [-0.15, -0.1) is 0 Å². The first kappa shape index (κ1) is 13.2. The van der Waals surface area contributed by atoms with Gasteiger partial charge in [0.05, 0.1) is 0 Å². The van der Waals surface area contributed by atoms with Crippen LogP contribution in [0.2, 0.25) is 0 Å². The van der Waals surface area contributed by atoms with Crippen molar-refractivity contribution in [1.29, 1.82) is 0 Å². The minimum absolute atomic E-state index is 0.0477. The van der Waals surface area contributed by atoms with Gasteiger partial charge in [-0.2, -0.15) is 0 Å². The summed E-state index contributed by atoms with van der Waals surface area (Å²) >= 11 is 0. The molecule has 0 radical (unpaired) electrons. The molecule has 5 nitrogen and oxygen atoms in total. The van der Waals surface area contributed by atoms with Gasteiger partial charge in [0, 0.05) is 23.6 Å². The molecule has 4 rings (SSSR count). The smallest absolute Gasteiger partial charge is 0.272 e. The number of hydrogen-bond acceptors (Lipinski definition) is 3. The van der Waals surface area contributed by atoms with Gasteiger partial charge in [0.2, 0.25) is 0 Å². The van der Waals surface area contributed by atoms with Crippen molar-refractivity contribution < 1.29 is 4.79 Å². The summed E-state index contributed by atoms with van der Waals surface area (Å²) in [5, 5.41) is 3.07. The lowest BCUT2D eigenvalue weighted by atomic mass is 10.1. The first-order chi connectivity index (χ1) is 10.7. The molecule has 2 heterocycles. The van der Waals surface area contributed by atoms with Gasteiger partial charge >= 0.3 is 0 Å². The summed E-state index contributed by atoms with van der Waals surface area (Å²) in [4.78, 5) is 21.2. The Morgan fingerprint density at radius 2 is 1.91 bits per heavy atom. The SMILES string of the molecule is Cc1nccn1-c1ccc(C2=NC3(CCCC3)NC2=O)cc1. The molecule has 1 spiro atoms. The second-order valence-electron chi connectivity index (χ2n) is 6.04. The highest BCUT2D eigenvalue weighted by molar-refractivity contribution is 6.46. The lowest BCUT2D eigenvalue weighted by Gasteiger charge is -2.18. The number of carbonyl (C=O) groups excluding carboxylic acids is 1. The molecule has 22 heavy (non-hydrogen) atoms. The second kappa shape index (κ2) is 4.80. The van der Waals surface area contributed by atoms with Crippen LogP contribution in [0.1, 0.15) is 37.1 Å². The van der Waals surface area contributed by atoms with E-state index in [0.717, 1.165) is 42.8 Å². The van der Waals surface area contributed by atoms with E-state index in [1.807, 2.05) is 42.0 Å². The third kappa shape index (κ3) is 2.04. The molecular formula is C17H18N4O. The summed E-state index contributed by atoms with van der Waals surface area (Å²) in [5.41, 5.74) is 2.15. The molecule has 0 saturated heterocycles. The number of aromatic nitrogens is 2. The van der Waals surface area contributed by atoms with Crippen molar-refractivity contribution >= 4 is 11.6 Å². The van der Waals surface area contributed by atoms with Crippen molar-refractivity contribution in [3.05, 3.63) is 48.0 Å². The highest BCUT2D eigenvalue weighted by Gasteiger charge is 2.41. The van der Waals surface area contributed by atoms with Crippen molar-refractivity contribution in [2.75, 3.05) is 0 Å². The summed E-state index contributed by atoms with van der Waals surface area (Å²) in [6.45, 7) is 1.96. The zero-order valence-corrected chi connectivity index (χ0v) is 12.5. The van der Waals surface area contributed by atoms with E-state index in [1.54, 1.807) is 6.20 Å². The fourth-order valence-corrected chi connectivity index (χ4v) is 3.39. The van der Waals surface area contributed by atoms with Crippen molar-refractivity contribution in [3.8, 4) is 5.69 Å². The van der Waals surface area contributed by atoms with E-state index in [-0.39, 0.29) is 11.6 Å². The Kier molecular flexibility index (Phi) is 2.89. The lowest BCUT2D eigenvalue weighted by Crippen LogP contribution is -2.39. The summed E-state index contributed by atoms with van der Waals surface area (Å²) in [6.07, 6.45) is 7.88. The summed E-state index contributed by atoms with van der Waals surface area (Å²) in [7, 11) is 0. The zero-order chi connectivity index (χ0) is 15.2. The number of amides is 1. The molecule has 0 bridgehead atoms. The van der Waals surface area contributed by atoms with Crippen LogP contribution in [-0.4, -0.2) is 26.8 Å². The predicted molar refractivity (Wildman–Crippen MR) is 84.2 cm³/mol. The number of nitrogens with zero attached hydrogens (tertiary/aromatic N) is 3. The fourth-order valence-electron chi connectivity index (χ4n) is 3.39. The van der Waals surface area contributed by atoms with Crippen molar-refractivity contribution in [2.24, 2.45) is 4.99 Å². The maximum absolute atomic E-state index is 12.2. The minimum atomic E-state index is -0.327. The van der Waals surface area contributed by atoms with E-state index >= 15 is 0 Å². The minimum Gasteiger partial charge on any atom is -0.326 e. The van der Waals surface area contributed by atoms with Crippen LogP contribution in [-0.2, 0) is 4.79 Å². The molecule has 1 N–H and O–H groups in total. The summed E-state index contributed by atoms with van der Waals surface area (Å²) in [6, 6.07) is 7.92. The Morgan fingerprint density at radius 1 is 1.18 bits per heavy atom. The van der Waals surface area contributed by atoms with Crippen molar-refractivity contribution in [2.45, 2.75) is 38.3 Å². The largest absolute Gasteiger partial charge is 0.326 e.